The molecule has 7 nitrogen and oxygen atoms in total. The Morgan fingerprint density at radius 2 is 2.15 bits per heavy atom. The topological polar surface area (TPSA) is 80.1 Å². The molecular formula is C19H23N5O2. The van der Waals surface area contributed by atoms with Crippen LogP contribution in [-0.2, 0) is 17.8 Å². The second kappa shape index (κ2) is 8.42. The summed E-state index contributed by atoms with van der Waals surface area (Å²) in [6, 6.07) is 10.2. The third kappa shape index (κ3) is 4.56. The van der Waals surface area contributed by atoms with E-state index >= 15 is 0 Å². The summed E-state index contributed by atoms with van der Waals surface area (Å²) >= 11 is 0. The van der Waals surface area contributed by atoms with Crippen LogP contribution in [0, 0.1) is 5.92 Å². The van der Waals surface area contributed by atoms with Gasteiger partial charge in [-0.05, 0) is 12.0 Å². The summed E-state index contributed by atoms with van der Waals surface area (Å²) in [5.74, 6) is 0.0854. The van der Waals surface area contributed by atoms with Crippen LogP contribution in [0.2, 0.25) is 0 Å². The molecule has 1 aliphatic heterocycles. The average molecular weight is 353 g/mol. The molecule has 0 bridgehead atoms. The van der Waals surface area contributed by atoms with Gasteiger partial charge in [-0.3, -0.25) is 14.3 Å². The van der Waals surface area contributed by atoms with Crippen molar-refractivity contribution in [2.45, 2.75) is 19.4 Å². The van der Waals surface area contributed by atoms with Crippen molar-refractivity contribution in [3.05, 3.63) is 60.4 Å². The highest BCUT2D eigenvalue weighted by Gasteiger charge is 2.29. The fourth-order valence-corrected chi connectivity index (χ4v) is 3.11. The maximum atomic E-state index is 12.2. The van der Waals surface area contributed by atoms with E-state index in [0.717, 1.165) is 13.0 Å². The lowest BCUT2D eigenvalue weighted by molar-refractivity contribution is -0.127. The first kappa shape index (κ1) is 17.8. The predicted molar refractivity (Wildman–Crippen MR) is 97.4 cm³/mol. The number of carbonyl (C=O) groups is 2. The molecule has 136 valence electrons. The lowest BCUT2D eigenvalue weighted by atomic mass is 10.1. The molecule has 7 heteroatoms. The number of carbonyl (C=O) groups excluding carboxylic acids is 2. The third-order valence-corrected chi connectivity index (χ3v) is 4.43. The maximum Gasteiger partial charge on any atom is 0.273 e. The van der Waals surface area contributed by atoms with Gasteiger partial charge >= 0.3 is 0 Å². The molecule has 1 atom stereocenters. The largest absolute Gasteiger partial charge is 0.347 e. The summed E-state index contributed by atoms with van der Waals surface area (Å²) in [4.78, 5) is 26.0. The monoisotopic (exact) mass is 353 g/mol. The van der Waals surface area contributed by atoms with E-state index in [1.165, 1.54) is 5.56 Å². The van der Waals surface area contributed by atoms with Crippen LogP contribution in [0.3, 0.4) is 0 Å². The molecule has 1 N–H and O–H groups in total. The van der Waals surface area contributed by atoms with Crippen LogP contribution in [0.1, 0.15) is 22.5 Å². The summed E-state index contributed by atoms with van der Waals surface area (Å²) in [6.45, 7) is 5.96. The van der Waals surface area contributed by atoms with Gasteiger partial charge in [0.25, 0.3) is 5.91 Å². The molecular weight excluding hydrogens is 330 g/mol. The second-order valence-electron chi connectivity index (χ2n) is 6.47. The van der Waals surface area contributed by atoms with Crippen molar-refractivity contribution in [3.8, 4) is 0 Å². The first-order valence-electron chi connectivity index (χ1n) is 8.76. The van der Waals surface area contributed by atoms with E-state index in [4.69, 9.17) is 0 Å². The molecule has 1 aromatic heterocycles. The highest BCUT2D eigenvalue weighted by Crippen LogP contribution is 2.20. The van der Waals surface area contributed by atoms with Crippen molar-refractivity contribution in [1.29, 1.82) is 0 Å². The van der Waals surface area contributed by atoms with E-state index in [-0.39, 0.29) is 23.4 Å². The molecule has 2 aromatic rings. The summed E-state index contributed by atoms with van der Waals surface area (Å²) in [6.07, 6.45) is 4.59. The van der Waals surface area contributed by atoms with E-state index in [9.17, 15) is 9.59 Å². The van der Waals surface area contributed by atoms with Crippen molar-refractivity contribution in [1.82, 2.24) is 25.2 Å². The van der Waals surface area contributed by atoms with Crippen LogP contribution in [0.5, 0.6) is 0 Å². The molecule has 26 heavy (non-hydrogen) atoms. The van der Waals surface area contributed by atoms with Gasteiger partial charge in [-0.2, -0.15) is 0 Å². The van der Waals surface area contributed by atoms with Crippen molar-refractivity contribution in [2.24, 2.45) is 5.92 Å². The van der Waals surface area contributed by atoms with Crippen LogP contribution in [0.25, 0.3) is 0 Å². The standard InChI is InChI=1S/C19H23N5O2/c1-2-9-20-19(26)17-14-24(22-21-17)13-16-11-18(25)23(12-16)10-8-15-6-4-3-5-7-15/h2-7,14,16H,1,8-13H2,(H,20,26). The molecule has 0 radical (unpaired) electrons. The Labute approximate surface area is 152 Å². The summed E-state index contributed by atoms with van der Waals surface area (Å²) in [5.41, 5.74) is 1.51. The average Bonchev–Trinajstić information content (AvgIpc) is 3.25. The molecule has 3 rings (SSSR count). The van der Waals surface area contributed by atoms with Crippen LogP contribution < -0.4 is 5.32 Å². The zero-order chi connectivity index (χ0) is 18.4. The zero-order valence-corrected chi connectivity index (χ0v) is 14.7. The first-order valence-corrected chi connectivity index (χ1v) is 8.76. The Morgan fingerprint density at radius 3 is 2.92 bits per heavy atom. The number of nitrogens with one attached hydrogen (secondary N) is 1. The van der Waals surface area contributed by atoms with Gasteiger partial charge < -0.3 is 10.2 Å². The zero-order valence-electron chi connectivity index (χ0n) is 14.7. The van der Waals surface area contributed by atoms with Crippen LogP contribution in [-0.4, -0.2) is 51.3 Å². The summed E-state index contributed by atoms with van der Waals surface area (Å²) in [7, 11) is 0. The smallest absolute Gasteiger partial charge is 0.273 e. The number of hydrogen-bond acceptors (Lipinski definition) is 4. The van der Waals surface area contributed by atoms with Crippen molar-refractivity contribution in [2.75, 3.05) is 19.6 Å². The normalized spacial score (nSPS) is 16.7. The van der Waals surface area contributed by atoms with Gasteiger partial charge in [-0.25, -0.2) is 0 Å². The van der Waals surface area contributed by atoms with E-state index in [1.54, 1.807) is 17.0 Å². The van der Waals surface area contributed by atoms with Crippen molar-refractivity contribution >= 4 is 11.8 Å². The number of aromatic nitrogens is 3. The van der Waals surface area contributed by atoms with E-state index < -0.39 is 0 Å². The Balaban J connectivity index is 1.50. The Hall–Kier alpha value is -2.96. The summed E-state index contributed by atoms with van der Waals surface area (Å²) < 4.78 is 1.64. The van der Waals surface area contributed by atoms with Crippen LogP contribution in [0.15, 0.2) is 49.2 Å². The first-order chi connectivity index (χ1) is 12.7. The molecule has 0 spiro atoms. The highest BCUT2D eigenvalue weighted by molar-refractivity contribution is 5.91. The Bertz CT molecular complexity index is 771. The van der Waals surface area contributed by atoms with Gasteiger partial charge in [-0.1, -0.05) is 41.6 Å². The fraction of sp³-hybridized carbons (Fsp3) is 0.368. The minimum atomic E-state index is -0.275. The van der Waals surface area contributed by atoms with Gasteiger partial charge in [0.1, 0.15) is 0 Å². The van der Waals surface area contributed by atoms with E-state index in [0.29, 0.717) is 26.1 Å². The Morgan fingerprint density at radius 1 is 1.35 bits per heavy atom. The van der Waals surface area contributed by atoms with E-state index in [2.05, 4.69) is 34.3 Å². The predicted octanol–water partition coefficient (Wildman–Crippen LogP) is 1.29. The number of benzene rings is 1. The molecule has 1 fully saturated rings. The molecule has 1 aliphatic rings. The maximum absolute atomic E-state index is 12.2. The number of amides is 2. The molecule has 1 aromatic carbocycles. The lowest BCUT2D eigenvalue weighted by Gasteiger charge is -2.16. The molecule has 1 saturated heterocycles. The quantitative estimate of drug-likeness (QED) is 0.725. The fourth-order valence-electron chi connectivity index (χ4n) is 3.11. The number of rotatable bonds is 8. The van der Waals surface area contributed by atoms with Crippen LogP contribution in [0.4, 0.5) is 0 Å². The van der Waals surface area contributed by atoms with Gasteiger partial charge in [0.15, 0.2) is 5.69 Å². The SMILES string of the molecule is C=CCNC(=O)c1cn(CC2CC(=O)N(CCc3ccccc3)C2)nn1. The van der Waals surface area contributed by atoms with Gasteiger partial charge in [-0.15, -0.1) is 11.7 Å². The summed E-state index contributed by atoms with van der Waals surface area (Å²) in [5, 5.41) is 10.6. The molecule has 0 aliphatic carbocycles. The number of likely N-dealkylation sites (tertiary alicyclic amines) is 1. The van der Waals surface area contributed by atoms with Gasteiger partial charge in [0.05, 0.1) is 6.20 Å². The molecule has 1 unspecified atom stereocenters. The molecule has 2 amide bonds. The minimum absolute atomic E-state index is 0.176. The van der Waals surface area contributed by atoms with Gasteiger partial charge in [0.2, 0.25) is 5.91 Å². The second-order valence-corrected chi connectivity index (χ2v) is 6.47. The lowest BCUT2D eigenvalue weighted by Crippen LogP contribution is -2.28. The highest BCUT2D eigenvalue weighted by atomic mass is 16.2. The minimum Gasteiger partial charge on any atom is -0.347 e. The van der Waals surface area contributed by atoms with E-state index in [1.807, 2.05) is 23.1 Å². The van der Waals surface area contributed by atoms with Crippen molar-refractivity contribution < 1.29 is 9.59 Å². The van der Waals surface area contributed by atoms with Gasteiger partial charge in [0, 0.05) is 38.5 Å². The number of nitrogens with zero attached hydrogens (tertiary/aromatic N) is 4. The third-order valence-electron chi connectivity index (χ3n) is 4.43. The Kier molecular flexibility index (Phi) is 5.78. The van der Waals surface area contributed by atoms with Crippen molar-refractivity contribution in [3.63, 3.8) is 0 Å². The molecule has 0 saturated carbocycles. The number of hydrogen-bond donors (Lipinski definition) is 1. The van der Waals surface area contributed by atoms with Crippen LogP contribution >= 0.6 is 0 Å². The molecule has 2 heterocycles.